The molecule has 49 heavy (non-hydrogen) atoms. The molecule has 8 aromatic carbocycles. The zero-order chi connectivity index (χ0) is 31.9. The smallest absolute Gasteiger partial charge is 0.0720 e. The molecule has 1 heterocycles. The first-order valence-corrected chi connectivity index (χ1v) is 17.3. The van der Waals surface area contributed by atoms with Crippen molar-refractivity contribution in [1.29, 1.82) is 0 Å². The van der Waals surface area contributed by atoms with Crippen molar-refractivity contribution in [3.05, 3.63) is 214 Å². The number of rotatable bonds is 0. The monoisotopic (exact) mass is 619 g/mol. The lowest BCUT2D eigenvalue weighted by Gasteiger charge is -2.48. The summed E-state index contributed by atoms with van der Waals surface area (Å²) < 4.78 is 0. The lowest BCUT2D eigenvalue weighted by Crippen LogP contribution is -2.43. The van der Waals surface area contributed by atoms with Gasteiger partial charge in [-0.05, 0) is 78.2 Å². The van der Waals surface area contributed by atoms with Crippen LogP contribution in [-0.2, 0) is 10.8 Å². The molecule has 1 heteroatoms. The first-order valence-electron chi connectivity index (χ1n) is 17.3. The number of nitrogens with one attached hydrogen (secondary N) is 1. The number of hydrogen-bond donors (Lipinski definition) is 1. The maximum absolute atomic E-state index is 3.87. The molecule has 0 atom stereocenters. The fourth-order valence-corrected chi connectivity index (χ4v) is 10.5. The number of H-pyrrole nitrogens is 1. The van der Waals surface area contributed by atoms with Crippen LogP contribution in [0.1, 0.15) is 44.5 Å². The van der Waals surface area contributed by atoms with Crippen LogP contribution in [0.3, 0.4) is 0 Å². The van der Waals surface area contributed by atoms with E-state index < -0.39 is 10.8 Å². The van der Waals surface area contributed by atoms with E-state index in [4.69, 9.17) is 0 Å². The highest BCUT2D eigenvalue weighted by Crippen LogP contribution is 2.68. The minimum atomic E-state index is -0.481. The molecule has 1 aromatic heterocycles. The van der Waals surface area contributed by atoms with Gasteiger partial charge in [0.1, 0.15) is 0 Å². The summed E-state index contributed by atoms with van der Waals surface area (Å²) in [6.07, 6.45) is 0. The molecule has 0 radical (unpaired) electrons. The molecule has 0 aliphatic heterocycles. The number of aromatic nitrogens is 1. The van der Waals surface area contributed by atoms with E-state index in [1.54, 1.807) is 0 Å². The Morgan fingerprint density at radius 3 is 1.41 bits per heavy atom. The standard InChI is InChI=1S/C48H29N/c1-2-14-30-29(13-1)25-26-34-45-43(49-46(30)34)28-27-42-44(45)33-17-5-8-20-37(33)48(42)40-23-11-9-21-38(40)47(39-22-10-12-24-41(39)48)35-18-6-3-15-31(35)32-16-4-7-19-36(32)47/h1-28,49H. The third kappa shape index (κ3) is 2.80. The van der Waals surface area contributed by atoms with Gasteiger partial charge in [0.2, 0.25) is 0 Å². The molecule has 0 amide bonds. The van der Waals surface area contributed by atoms with Gasteiger partial charge in [-0.2, -0.15) is 0 Å². The lowest BCUT2D eigenvalue weighted by molar-refractivity contribution is 0.633. The van der Waals surface area contributed by atoms with E-state index in [0.717, 1.165) is 0 Å². The zero-order valence-corrected chi connectivity index (χ0v) is 26.7. The lowest BCUT2D eigenvalue weighted by atomic mass is 9.52. The van der Waals surface area contributed by atoms with Crippen LogP contribution in [0.25, 0.3) is 54.8 Å². The highest BCUT2D eigenvalue weighted by atomic mass is 14.7. The average molecular weight is 620 g/mol. The molecule has 0 saturated carbocycles. The van der Waals surface area contributed by atoms with E-state index in [2.05, 4.69) is 175 Å². The largest absolute Gasteiger partial charge is 0.354 e. The van der Waals surface area contributed by atoms with Gasteiger partial charge in [0, 0.05) is 21.7 Å². The molecule has 0 bridgehead atoms. The Bertz CT molecular complexity index is 2810. The normalized spacial score (nSPS) is 15.3. The van der Waals surface area contributed by atoms with Crippen LogP contribution in [0.15, 0.2) is 170 Å². The van der Waals surface area contributed by atoms with Gasteiger partial charge in [0.25, 0.3) is 0 Å². The van der Waals surface area contributed by atoms with Crippen molar-refractivity contribution < 1.29 is 0 Å². The van der Waals surface area contributed by atoms with Crippen LogP contribution in [-0.4, -0.2) is 4.98 Å². The molecule has 1 nitrogen and oxygen atoms in total. The first kappa shape index (κ1) is 25.9. The molecule has 3 aliphatic rings. The van der Waals surface area contributed by atoms with E-state index in [0.29, 0.717) is 0 Å². The maximum Gasteiger partial charge on any atom is 0.0720 e. The predicted octanol–water partition coefficient (Wildman–Crippen LogP) is 11.5. The molecule has 12 rings (SSSR count). The summed E-state index contributed by atoms with van der Waals surface area (Å²) in [5, 5.41) is 5.12. The summed E-state index contributed by atoms with van der Waals surface area (Å²) in [7, 11) is 0. The Balaban J connectivity index is 1.28. The molecule has 0 saturated heterocycles. The number of aromatic amines is 1. The van der Waals surface area contributed by atoms with Gasteiger partial charge >= 0.3 is 0 Å². The molecule has 0 fully saturated rings. The summed E-state index contributed by atoms with van der Waals surface area (Å²) in [6.45, 7) is 0. The van der Waals surface area contributed by atoms with Crippen LogP contribution < -0.4 is 0 Å². The Kier molecular flexibility index (Phi) is 4.66. The quantitative estimate of drug-likeness (QED) is 0.174. The molecular formula is C48H29N. The van der Waals surface area contributed by atoms with E-state index in [1.165, 1.54) is 99.3 Å². The first-order chi connectivity index (χ1) is 24.3. The van der Waals surface area contributed by atoms with Gasteiger partial charge in [-0.15, -0.1) is 0 Å². The van der Waals surface area contributed by atoms with Crippen LogP contribution in [0, 0.1) is 0 Å². The van der Waals surface area contributed by atoms with Gasteiger partial charge in [-0.25, -0.2) is 0 Å². The second kappa shape index (κ2) is 8.83. The highest BCUT2D eigenvalue weighted by molar-refractivity contribution is 6.22. The van der Waals surface area contributed by atoms with Crippen molar-refractivity contribution >= 4 is 32.6 Å². The van der Waals surface area contributed by atoms with E-state index in [9.17, 15) is 0 Å². The van der Waals surface area contributed by atoms with Crippen molar-refractivity contribution in [3.63, 3.8) is 0 Å². The summed E-state index contributed by atoms with van der Waals surface area (Å²) >= 11 is 0. The number of hydrogen-bond acceptors (Lipinski definition) is 0. The van der Waals surface area contributed by atoms with E-state index in [1.807, 2.05) is 0 Å². The maximum atomic E-state index is 3.87. The molecule has 226 valence electrons. The molecule has 1 N–H and O–H groups in total. The van der Waals surface area contributed by atoms with Crippen LogP contribution in [0.5, 0.6) is 0 Å². The van der Waals surface area contributed by atoms with Crippen LogP contribution in [0.2, 0.25) is 0 Å². The predicted molar refractivity (Wildman–Crippen MR) is 201 cm³/mol. The Morgan fingerprint density at radius 2 is 0.796 bits per heavy atom. The van der Waals surface area contributed by atoms with Crippen molar-refractivity contribution in [2.24, 2.45) is 0 Å². The topological polar surface area (TPSA) is 15.8 Å². The number of fused-ring (bicyclic) bond motifs is 22. The molecule has 3 aliphatic carbocycles. The Hall–Kier alpha value is -6.18. The second-order valence-electron chi connectivity index (χ2n) is 14.0. The van der Waals surface area contributed by atoms with E-state index >= 15 is 0 Å². The third-order valence-corrected chi connectivity index (χ3v) is 12.1. The summed E-state index contributed by atoms with van der Waals surface area (Å²) in [5.74, 6) is 0. The van der Waals surface area contributed by atoms with Gasteiger partial charge in [-0.3, -0.25) is 0 Å². The van der Waals surface area contributed by atoms with Gasteiger partial charge in [0.05, 0.1) is 16.3 Å². The van der Waals surface area contributed by atoms with Crippen molar-refractivity contribution in [2.75, 3.05) is 0 Å². The minimum Gasteiger partial charge on any atom is -0.354 e. The second-order valence-corrected chi connectivity index (χ2v) is 14.0. The van der Waals surface area contributed by atoms with Crippen LogP contribution >= 0.6 is 0 Å². The van der Waals surface area contributed by atoms with Gasteiger partial charge in [-0.1, -0.05) is 164 Å². The fraction of sp³-hybridized carbons (Fsp3) is 0.0417. The van der Waals surface area contributed by atoms with Crippen molar-refractivity contribution in [3.8, 4) is 22.3 Å². The molecular weight excluding hydrogens is 591 g/mol. The van der Waals surface area contributed by atoms with Gasteiger partial charge < -0.3 is 4.98 Å². The summed E-state index contributed by atoms with van der Waals surface area (Å²) in [4.78, 5) is 3.87. The summed E-state index contributed by atoms with van der Waals surface area (Å²) in [6, 6.07) is 64.2. The van der Waals surface area contributed by atoms with E-state index in [-0.39, 0.29) is 0 Å². The third-order valence-electron chi connectivity index (χ3n) is 12.1. The Labute approximate surface area is 284 Å². The zero-order valence-electron chi connectivity index (χ0n) is 26.7. The van der Waals surface area contributed by atoms with Crippen molar-refractivity contribution in [1.82, 2.24) is 4.98 Å². The van der Waals surface area contributed by atoms with Gasteiger partial charge in [0.15, 0.2) is 0 Å². The SMILES string of the molecule is c1ccc2c(c1)-c1ccccc1C21c2ccccc2C2(c3ccccc3-c3c2ccc2[nH]c4c5ccccc5ccc4c32)c2ccccc21. The minimum absolute atomic E-state index is 0.423. The molecule has 9 aromatic rings. The van der Waals surface area contributed by atoms with Crippen molar-refractivity contribution in [2.45, 2.75) is 10.8 Å². The van der Waals surface area contributed by atoms with Crippen LogP contribution in [0.4, 0.5) is 0 Å². The Morgan fingerprint density at radius 1 is 0.327 bits per heavy atom. The number of benzene rings is 8. The highest BCUT2D eigenvalue weighted by Gasteiger charge is 2.59. The summed E-state index contributed by atoms with van der Waals surface area (Å²) in [5.41, 5.74) is 17.8. The molecule has 2 spiro atoms. The molecule has 0 unspecified atom stereocenters. The fourth-order valence-electron chi connectivity index (χ4n) is 10.5. The average Bonchev–Trinajstić information content (AvgIpc) is 3.80.